The van der Waals surface area contributed by atoms with E-state index in [1.165, 1.54) is 17.3 Å². The molecule has 0 unspecified atom stereocenters. The molecule has 1 N–H and O–H groups in total. The summed E-state index contributed by atoms with van der Waals surface area (Å²) >= 11 is 0. The van der Waals surface area contributed by atoms with Crippen LogP contribution in [-0.2, 0) is 16.1 Å². The standard InChI is InChI=1S/C25H31N3O5/c1-4-33-25(32)19-11-8-12-27(14-19)24(31)21-16-28(17(2)3)15-20(22(21)29)23(30)26-13-18-9-6-5-7-10-18/h5-7,9-10,15-17,19H,4,8,11-14H2,1-3H3,(H,26,30)/t19-/m0/s1. The second-order valence-electron chi connectivity index (χ2n) is 8.47. The molecule has 2 amide bonds. The zero-order chi connectivity index (χ0) is 24.0. The summed E-state index contributed by atoms with van der Waals surface area (Å²) in [5.41, 5.74) is 0.145. The predicted octanol–water partition coefficient (Wildman–Crippen LogP) is 2.77. The Morgan fingerprint density at radius 3 is 2.48 bits per heavy atom. The first-order chi connectivity index (χ1) is 15.8. The molecule has 0 saturated carbocycles. The number of piperidine rings is 1. The average Bonchev–Trinajstić information content (AvgIpc) is 2.83. The number of nitrogens with zero attached hydrogens (tertiary/aromatic N) is 2. The molecule has 2 heterocycles. The molecule has 3 rings (SSSR count). The molecule has 2 aromatic rings. The van der Waals surface area contributed by atoms with Crippen LogP contribution in [0, 0.1) is 5.92 Å². The fraction of sp³-hybridized carbons (Fsp3) is 0.440. The van der Waals surface area contributed by atoms with Gasteiger partial charge >= 0.3 is 5.97 Å². The van der Waals surface area contributed by atoms with Gasteiger partial charge in [-0.15, -0.1) is 0 Å². The Morgan fingerprint density at radius 2 is 1.82 bits per heavy atom. The number of hydrogen-bond acceptors (Lipinski definition) is 5. The number of carbonyl (C=O) groups excluding carboxylic acids is 3. The maximum Gasteiger partial charge on any atom is 0.310 e. The number of ether oxygens (including phenoxy) is 1. The molecule has 1 aromatic carbocycles. The van der Waals surface area contributed by atoms with Gasteiger partial charge in [0.2, 0.25) is 5.43 Å². The molecule has 176 valence electrons. The van der Waals surface area contributed by atoms with E-state index in [0.717, 1.165) is 5.56 Å². The van der Waals surface area contributed by atoms with Crippen LogP contribution in [0.3, 0.4) is 0 Å². The first kappa shape index (κ1) is 24.2. The molecule has 33 heavy (non-hydrogen) atoms. The van der Waals surface area contributed by atoms with Crippen molar-refractivity contribution in [1.29, 1.82) is 0 Å². The van der Waals surface area contributed by atoms with Crippen LogP contribution in [0.4, 0.5) is 0 Å². The van der Waals surface area contributed by atoms with Gasteiger partial charge in [0.15, 0.2) is 0 Å². The third-order valence-corrected chi connectivity index (χ3v) is 5.74. The lowest BCUT2D eigenvalue weighted by Crippen LogP contribution is -2.45. The summed E-state index contributed by atoms with van der Waals surface area (Å²) in [7, 11) is 0. The first-order valence-electron chi connectivity index (χ1n) is 11.4. The van der Waals surface area contributed by atoms with Crippen LogP contribution >= 0.6 is 0 Å². The Bertz CT molecular complexity index is 1060. The highest BCUT2D eigenvalue weighted by molar-refractivity contribution is 5.99. The Balaban J connectivity index is 1.86. The number of aromatic nitrogens is 1. The number of esters is 1. The highest BCUT2D eigenvalue weighted by Crippen LogP contribution is 2.20. The number of likely N-dealkylation sites (tertiary alicyclic amines) is 1. The largest absolute Gasteiger partial charge is 0.466 e. The van der Waals surface area contributed by atoms with Gasteiger partial charge in [-0.25, -0.2) is 0 Å². The van der Waals surface area contributed by atoms with Crippen molar-refractivity contribution in [3.63, 3.8) is 0 Å². The van der Waals surface area contributed by atoms with E-state index in [4.69, 9.17) is 4.74 Å². The van der Waals surface area contributed by atoms with Crippen molar-refractivity contribution in [3.8, 4) is 0 Å². The second kappa shape index (κ2) is 10.9. The Labute approximate surface area is 193 Å². The topological polar surface area (TPSA) is 97.7 Å². The minimum atomic E-state index is -0.610. The molecule has 0 spiro atoms. The van der Waals surface area contributed by atoms with Gasteiger partial charge in [0, 0.05) is 38.1 Å². The van der Waals surface area contributed by atoms with Crippen LogP contribution in [-0.4, -0.2) is 46.9 Å². The van der Waals surface area contributed by atoms with Gasteiger partial charge in [0.1, 0.15) is 11.1 Å². The SMILES string of the molecule is CCOC(=O)[C@H]1CCCN(C(=O)c2cn(C(C)C)cc(C(=O)NCc3ccccc3)c2=O)C1. The number of rotatable bonds is 7. The van der Waals surface area contributed by atoms with Crippen LogP contribution in [0.1, 0.15) is 65.9 Å². The van der Waals surface area contributed by atoms with Crippen molar-refractivity contribution in [3.05, 3.63) is 69.6 Å². The van der Waals surface area contributed by atoms with Gasteiger partial charge in [0.25, 0.3) is 11.8 Å². The molecule has 1 aliphatic rings. The van der Waals surface area contributed by atoms with Gasteiger partial charge in [0.05, 0.1) is 12.5 Å². The van der Waals surface area contributed by atoms with Crippen molar-refractivity contribution in [2.24, 2.45) is 5.92 Å². The third kappa shape index (κ3) is 5.88. The highest BCUT2D eigenvalue weighted by Gasteiger charge is 2.31. The average molecular weight is 454 g/mol. The number of pyridine rings is 1. The summed E-state index contributed by atoms with van der Waals surface area (Å²) in [5.74, 6) is -1.74. The summed E-state index contributed by atoms with van der Waals surface area (Å²) in [6.45, 7) is 6.74. The molecule has 1 aromatic heterocycles. The lowest BCUT2D eigenvalue weighted by molar-refractivity contribution is -0.149. The minimum absolute atomic E-state index is 0.0635. The number of amides is 2. The maximum absolute atomic E-state index is 13.3. The molecule has 0 bridgehead atoms. The predicted molar refractivity (Wildman–Crippen MR) is 124 cm³/mol. The quantitative estimate of drug-likeness (QED) is 0.650. The monoisotopic (exact) mass is 453 g/mol. The van der Waals surface area contributed by atoms with Crippen molar-refractivity contribution in [2.45, 2.75) is 46.2 Å². The van der Waals surface area contributed by atoms with E-state index in [1.807, 2.05) is 44.2 Å². The molecular formula is C25H31N3O5. The van der Waals surface area contributed by atoms with Crippen molar-refractivity contribution in [2.75, 3.05) is 19.7 Å². The lowest BCUT2D eigenvalue weighted by atomic mass is 9.97. The van der Waals surface area contributed by atoms with E-state index in [9.17, 15) is 19.2 Å². The molecule has 0 radical (unpaired) electrons. The summed E-state index contributed by atoms with van der Waals surface area (Å²) in [6.07, 6.45) is 4.27. The van der Waals surface area contributed by atoms with Gasteiger partial charge in [-0.2, -0.15) is 0 Å². The molecule has 8 nitrogen and oxygen atoms in total. The number of nitrogens with one attached hydrogen (secondary N) is 1. The number of hydrogen-bond donors (Lipinski definition) is 1. The molecule has 8 heteroatoms. The number of carbonyl (C=O) groups is 3. The molecular weight excluding hydrogens is 422 g/mol. The van der Waals surface area contributed by atoms with Crippen LogP contribution in [0.5, 0.6) is 0 Å². The molecule has 1 fully saturated rings. The van der Waals surface area contributed by atoms with Gasteiger partial charge in [-0.05, 0) is 39.2 Å². The van der Waals surface area contributed by atoms with E-state index in [2.05, 4.69) is 5.32 Å². The Kier molecular flexibility index (Phi) is 8.03. The molecule has 1 aliphatic heterocycles. The van der Waals surface area contributed by atoms with E-state index in [-0.39, 0.29) is 42.8 Å². The lowest BCUT2D eigenvalue weighted by Gasteiger charge is -2.31. The van der Waals surface area contributed by atoms with Crippen molar-refractivity contribution >= 4 is 17.8 Å². The molecule has 1 saturated heterocycles. The maximum atomic E-state index is 13.3. The van der Waals surface area contributed by atoms with E-state index in [1.54, 1.807) is 11.5 Å². The summed E-state index contributed by atoms with van der Waals surface area (Å²) < 4.78 is 6.80. The minimum Gasteiger partial charge on any atom is -0.466 e. The van der Waals surface area contributed by atoms with Crippen molar-refractivity contribution < 1.29 is 19.1 Å². The van der Waals surface area contributed by atoms with E-state index >= 15 is 0 Å². The Hall–Kier alpha value is -3.42. The highest BCUT2D eigenvalue weighted by atomic mass is 16.5. The van der Waals surface area contributed by atoms with Gasteiger partial charge < -0.3 is 19.5 Å². The van der Waals surface area contributed by atoms with Crippen LogP contribution in [0.15, 0.2) is 47.5 Å². The fourth-order valence-corrected chi connectivity index (χ4v) is 3.87. The molecule has 0 aliphatic carbocycles. The zero-order valence-electron chi connectivity index (χ0n) is 19.4. The first-order valence-corrected chi connectivity index (χ1v) is 11.4. The van der Waals surface area contributed by atoms with Crippen LogP contribution in [0.2, 0.25) is 0 Å². The second-order valence-corrected chi connectivity index (χ2v) is 8.47. The summed E-state index contributed by atoms with van der Waals surface area (Å²) in [4.78, 5) is 53.0. The van der Waals surface area contributed by atoms with E-state index in [0.29, 0.717) is 19.4 Å². The van der Waals surface area contributed by atoms with Gasteiger partial charge in [-0.3, -0.25) is 19.2 Å². The Morgan fingerprint density at radius 1 is 1.12 bits per heavy atom. The normalized spacial score (nSPS) is 15.9. The summed E-state index contributed by atoms with van der Waals surface area (Å²) in [5, 5.41) is 2.77. The smallest absolute Gasteiger partial charge is 0.310 e. The molecule has 1 atom stereocenters. The number of benzene rings is 1. The summed E-state index contributed by atoms with van der Waals surface area (Å²) in [6, 6.07) is 9.32. The fourth-order valence-electron chi connectivity index (χ4n) is 3.87. The zero-order valence-corrected chi connectivity index (χ0v) is 19.4. The van der Waals surface area contributed by atoms with Crippen molar-refractivity contribution in [1.82, 2.24) is 14.8 Å². The van der Waals surface area contributed by atoms with Crippen LogP contribution in [0.25, 0.3) is 0 Å². The van der Waals surface area contributed by atoms with Crippen LogP contribution < -0.4 is 10.7 Å². The van der Waals surface area contributed by atoms with Gasteiger partial charge in [-0.1, -0.05) is 30.3 Å². The van der Waals surface area contributed by atoms with E-state index < -0.39 is 23.2 Å². The third-order valence-electron chi connectivity index (χ3n) is 5.74.